The second-order valence-electron chi connectivity index (χ2n) is 6.51. The van der Waals surface area contributed by atoms with Crippen LogP contribution in [0.25, 0.3) is 0 Å². The van der Waals surface area contributed by atoms with Crippen LogP contribution in [0.5, 0.6) is 0 Å². The number of aryl methyl sites for hydroxylation is 1. The number of hydrogen-bond acceptors (Lipinski definition) is 2. The second-order valence-corrected chi connectivity index (χ2v) is 8.45. The summed E-state index contributed by atoms with van der Waals surface area (Å²) in [7, 11) is -3.37. The molecule has 0 unspecified atom stereocenters. The van der Waals surface area contributed by atoms with Gasteiger partial charge in [0.05, 0.1) is 31.1 Å². The molecule has 0 aliphatic carbocycles. The molecule has 2 aromatic rings. The average molecular weight is 345 g/mol. The Morgan fingerprint density at radius 1 is 0.958 bits per heavy atom. The van der Waals surface area contributed by atoms with E-state index < -0.39 is 10.0 Å². The van der Waals surface area contributed by atoms with Gasteiger partial charge in [0.1, 0.15) is 6.04 Å². The highest BCUT2D eigenvalue weighted by Crippen LogP contribution is 2.17. The predicted octanol–water partition coefficient (Wildman–Crippen LogP) is 1.65. The number of sulfonamides is 1. The summed E-state index contributed by atoms with van der Waals surface area (Å²) in [5.74, 6) is 0. The molecule has 3 rings (SSSR count). The molecular formula is C19H25N2O2S+. The van der Waals surface area contributed by atoms with Crippen LogP contribution < -0.4 is 4.90 Å². The van der Waals surface area contributed by atoms with Crippen molar-refractivity contribution in [3.8, 4) is 0 Å². The maximum atomic E-state index is 12.8. The summed E-state index contributed by atoms with van der Waals surface area (Å²) < 4.78 is 27.1. The third kappa shape index (κ3) is 3.53. The zero-order valence-corrected chi connectivity index (χ0v) is 15.1. The van der Waals surface area contributed by atoms with E-state index in [1.165, 1.54) is 10.5 Å². The molecule has 24 heavy (non-hydrogen) atoms. The van der Waals surface area contributed by atoms with Gasteiger partial charge in [-0.3, -0.25) is 0 Å². The number of benzene rings is 2. The Hall–Kier alpha value is -1.69. The minimum Gasteiger partial charge on any atom is -0.327 e. The van der Waals surface area contributed by atoms with E-state index in [1.54, 1.807) is 16.4 Å². The molecule has 0 saturated carbocycles. The van der Waals surface area contributed by atoms with Gasteiger partial charge in [0.2, 0.25) is 10.0 Å². The molecule has 5 heteroatoms. The van der Waals surface area contributed by atoms with E-state index in [1.807, 2.05) is 25.1 Å². The highest BCUT2D eigenvalue weighted by molar-refractivity contribution is 7.89. The lowest BCUT2D eigenvalue weighted by Gasteiger charge is -2.35. The van der Waals surface area contributed by atoms with Gasteiger partial charge >= 0.3 is 0 Å². The fourth-order valence-electron chi connectivity index (χ4n) is 3.28. The Morgan fingerprint density at radius 3 is 2.12 bits per heavy atom. The van der Waals surface area contributed by atoms with Gasteiger partial charge in [-0.05, 0) is 26.0 Å². The molecule has 0 aromatic heterocycles. The third-order valence-corrected chi connectivity index (χ3v) is 6.85. The van der Waals surface area contributed by atoms with Crippen LogP contribution in [0, 0.1) is 6.92 Å². The lowest BCUT2D eigenvalue weighted by molar-refractivity contribution is -0.933. The Labute approximate surface area is 144 Å². The van der Waals surface area contributed by atoms with Gasteiger partial charge < -0.3 is 4.90 Å². The first kappa shape index (κ1) is 17.1. The molecule has 128 valence electrons. The quantitative estimate of drug-likeness (QED) is 0.915. The average Bonchev–Trinajstić information content (AvgIpc) is 2.62. The Balaban J connectivity index is 1.67. The van der Waals surface area contributed by atoms with Crippen molar-refractivity contribution >= 4 is 10.0 Å². The van der Waals surface area contributed by atoms with Crippen LogP contribution >= 0.6 is 0 Å². The first-order chi connectivity index (χ1) is 11.5. The number of hydrogen-bond donors (Lipinski definition) is 1. The van der Waals surface area contributed by atoms with Crippen molar-refractivity contribution in [1.29, 1.82) is 0 Å². The molecule has 1 aliphatic rings. The highest BCUT2D eigenvalue weighted by atomic mass is 32.2. The van der Waals surface area contributed by atoms with Crippen LogP contribution in [-0.2, 0) is 10.0 Å². The van der Waals surface area contributed by atoms with Gasteiger partial charge in [0.25, 0.3) is 0 Å². The molecule has 0 bridgehead atoms. The van der Waals surface area contributed by atoms with Crippen molar-refractivity contribution in [1.82, 2.24) is 4.31 Å². The van der Waals surface area contributed by atoms with Gasteiger partial charge in [-0.25, -0.2) is 8.42 Å². The fourth-order valence-corrected chi connectivity index (χ4v) is 4.72. The standard InChI is InChI=1S/C19H24N2O2S/c1-16-8-10-19(11-9-16)24(22,23)21-14-12-20(13-15-21)17(2)18-6-4-3-5-7-18/h3-11,17H,12-15H2,1-2H3/p+1/t17-/m0/s1. The molecular weight excluding hydrogens is 320 g/mol. The molecule has 2 aromatic carbocycles. The maximum absolute atomic E-state index is 12.8. The van der Waals surface area contributed by atoms with Crippen LogP contribution in [-0.4, -0.2) is 38.9 Å². The van der Waals surface area contributed by atoms with Crippen LogP contribution in [0.1, 0.15) is 24.1 Å². The minimum atomic E-state index is -3.37. The monoisotopic (exact) mass is 345 g/mol. The third-order valence-electron chi connectivity index (χ3n) is 4.94. The Morgan fingerprint density at radius 2 is 1.54 bits per heavy atom. The van der Waals surface area contributed by atoms with E-state index in [0.717, 1.165) is 18.7 Å². The van der Waals surface area contributed by atoms with E-state index in [2.05, 4.69) is 31.2 Å². The molecule has 1 N–H and O–H groups in total. The molecule has 4 nitrogen and oxygen atoms in total. The van der Waals surface area contributed by atoms with Crippen molar-refractivity contribution in [2.75, 3.05) is 26.2 Å². The Kier molecular flexibility index (Phi) is 5.04. The topological polar surface area (TPSA) is 41.8 Å². The van der Waals surface area contributed by atoms with Gasteiger partial charge in [0, 0.05) is 5.56 Å². The predicted molar refractivity (Wildman–Crippen MR) is 95.5 cm³/mol. The SMILES string of the molecule is Cc1ccc(S(=O)(=O)N2CC[NH+]([C@@H](C)c3ccccc3)CC2)cc1. The second kappa shape index (κ2) is 7.05. The fraction of sp³-hybridized carbons (Fsp3) is 0.368. The van der Waals surface area contributed by atoms with Crippen molar-refractivity contribution in [2.24, 2.45) is 0 Å². The molecule has 0 amide bonds. The molecule has 0 spiro atoms. The van der Waals surface area contributed by atoms with E-state index in [4.69, 9.17) is 0 Å². The van der Waals surface area contributed by atoms with Crippen LogP contribution in [0.15, 0.2) is 59.5 Å². The van der Waals surface area contributed by atoms with Crippen molar-refractivity contribution in [2.45, 2.75) is 24.8 Å². The lowest BCUT2D eigenvalue weighted by atomic mass is 10.1. The number of quaternary nitrogens is 1. The van der Waals surface area contributed by atoms with E-state index >= 15 is 0 Å². The summed E-state index contributed by atoms with van der Waals surface area (Å²) in [6.45, 7) is 6.99. The number of nitrogens with zero attached hydrogens (tertiary/aromatic N) is 1. The first-order valence-corrected chi connectivity index (χ1v) is 9.89. The zero-order chi connectivity index (χ0) is 17.2. The summed E-state index contributed by atoms with van der Waals surface area (Å²) in [6.07, 6.45) is 0. The van der Waals surface area contributed by atoms with E-state index in [-0.39, 0.29) is 0 Å². The van der Waals surface area contributed by atoms with Crippen LogP contribution in [0.2, 0.25) is 0 Å². The summed E-state index contributed by atoms with van der Waals surface area (Å²) in [5, 5.41) is 0. The van der Waals surface area contributed by atoms with E-state index in [0.29, 0.717) is 24.0 Å². The molecule has 1 fully saturated rings. The molecule has 1 saturated heterocycles. The Bertz CT molecular complexity index is 765. The normalized spacial score (nSPS) is 18.4. The van der Waals surface area contributed by atoms with Crippen LogP contribution in [0.3, 0.4) is 0 Å². The van der Waals surface area contributed by atoms with Gasteiger partial charge in [0.15, 0.2) is 0 Å². The zero-order valence-electron chi connectivity index (χ0n) is 14.3. The summed E-state index contributed by atoms with van der Waals surface area (Å²) in [6, 6.07) is 17.9. The van der Waals surface area contributed by atoms with Gasteiger partial charge in [-0.15, -0.1) is 0 Å². The summed E-state index contributed by atoms with van der Waals surface area (Å²) in [5.41, 5.74) is 2.38. The largest absolute Gasteiger partial charge is 0.327 e. The number of nitrogens with one attached hydrogen (secondary N) is 1. The van der Waals surface area contributed by atoms with Gasteiger partial charge in [-0.2, -0.15) is 4.31 Å². The maximum Gasteiger partial charge on any atom is 0.243 e. The number of rotatable bonds is 4. The summed E-state index contributed by atoms with van der Waals surface area (Å²) >= 11 is 0. The summed E-state index contributed by atoms with van der Waals surface area (Å²) in [4.78, 5) is 1.84. The smallest absolute Gasteiger partial charge is 0.243 e. The highest BCUT2D eigenvalue weighted by Gasteiger charge is 2.32. The van der Waals surface area contributed by atoms with E-state index in [9.17, 15) is 8.42 Å². The van der Waals surface area contributed by atoms with Crippen molar-refractivity contribution in [3.63, 3.8) is 0 Å². The molecule has 1 heterocycles. The van der Waals surface area contributed by atoms with Crippen molar-refractivity contribution < 1.29 is 13.3 Å². The molecule has 1 atom stereocenters. The molecule has 1 aliphatic heterocycles. The van der Waals surface area contributed by atoms with Gasteiger partial charge in [-0.1, -0.05) is 48.0 Å². The first-order valence-electron chi connectivity index (χ1n) is 8.45. The van der Waals surface area contributed by atoms with Crippen molar-refractivity contribution in [3.05, 3.63) is 65.7 Å². The minimum absolute atomic E-state index is 0.385. The molecule has 0 radical (unpaired) electrons. The number of piperazine rings is 1. The lowest BCUT2D eigenvalue weighted by Crippen LogP contribution is -3.14. The van der Waals surface area contributed by atoms with Crippen LogP contribution in [0.4, 0.5) is 0 Å².